The van der Waals surface area contributed by atoms with Crippen LogP contribution in [0.1, 0.15) is 78.1 Å². The van der Waals surface area contributed by atoms with Crippen molar-refractivity contribution in [2.75, 3.05) is 45.9 Å². The Morgan fingerprint density at radius 2 is 1.15 bits per heavy atom. The minimum atomic E-state index is -5.00. The van der Waals surface area contributed by atoms with E-state index in [1.54, 1.807) is 17.6 Å². The molecule has 1 aliphatic rings. The normalized spacial score (nSPS) is 15.8. The van der Waals surface area contributed by atoms with Crippen LogP contribution < -0.4 is 21.3 Å². The van der Waals surface area contributed by atoms with Crippen molar-refractivity contribution in [3.63, 3.8) is 0 Å². The molecule has 0 spiro atoms. The predicted molar refractivity (Wildman–Crippen MR) is 155 cm³/mol. The van der Waals surface area contributed by atoms with Gasteiger partial charge < -0.3 is 30.9 Å². The summed E-state index contributed by atoms with van der Waals surface area (Å²) in [4.78, 5) is 62.1. The van der Waals surface area contributed by atoms with Gasteiger partial charge in [0.15, 0.2) is 0 Å². The van der Waals surface area contributed by atoms with Gasteiger partial charge in [0.25, 0.3) is 0 Å². The van der Waals surface area contributed by atoms with E-state index >= 15 is 0 Å². The first-order valence-corrected chi connectivity index (χ1v) is 15.7. The number of ether oxygens (including phenoxy) is 1. The summed E-state index contributed by atoms with van der Waals surface area (Å²) in [5, 5.41) is 8.78. The molecule has 266 valence electrons. The lowest BCUT2D eigenvalue weighted by Gasteiger charge is -2.21. The standard InChI is InChI=1S/C29H47F6N5O6/c1-20(10-7-14-37-26(44)28(30,31)32)23(41)36-13-9-12-22(25(43)46-19-6-5-18-40-16-3-4-17-40)39-24(42)21(2)11-8-15-38-27(45)29(33,34)35/h20-22H,3-19H2,1-2H3,(H,36,41)(H,37,44)(H,38,45)(H,39,42). The SMILES string of the molecule is CC(CCCNC(=O)C(F)(F)F)C(=O)NCCCC(NC(=O)C(C)CCCNC(=O)C(F)(F)F)C(=O)OCCCCN1CCCC1. The lowest BCUT2D eigenvalue weighted by Crippen LogP contribution is -2.44. The molecule has 0 aromatic heterocycles. The Morgan fingerprint density at radius 1 is 0.674 bits per heavy atom. The zero-order chi connectivity index (χ0) is 34.8. The number of esters is 1. The molecule has 1 rings (SSSR count). The Hall–Kier alpha value is -3.11. The fraction of sp³-hybridized carbons (Fsp3) is 0.828. The van der Waals surface area contributed by atoms with Crippen LogP contribution in [-0.2, 0) is 28.7 Å². The maximum atomic E-state index is 12.9. The van der Waals surface area contributed by atoms with E-state index < -0.39 is 53.9 Å². The van der Waals surface area contributed by atoms with Gasteiger partial charge in [0.05, 0.1) is 6.61 Å². The molecule has 1 aliphatic heterocycles. The number of alkyl halides is 6. The van der Waals surface area contributed by atoms with Crippen LogP contribution in [0, 0.1) is 11.8 Å². The summed E-state index contributed by atoms with van der Waals surface area (Å²) in [6, 6.07) is -1.04. The smallest absolute Gasteiger partial charge is 0.464 e. The monoisotopic (exact) mass is 675 g/mol. The van der Waals surface area contributed by atoms with Gasteiger partial charge in [-0.2, -0.15) is 26.3 Å². The summed E-state index contributed by atoms with van der Waals surface area (Å²) in [6.07, 6.45) is -5.15. The van der Waals surface area contributed by atoms with E-state index in [4.69, 9.17) is 4.74 Å². The third-order valence-electron chi connectivity index (χ3n) is 7.49. The summed E-state index contributed by atoms with van der Waals surface area (Å²) in [6.45, 7) is 5.91. The minimum absolute atomic E-state index is 0.0987. The zero-order valence-electron chi connectivity index (χ0n) is 26.4. The lowest BCUT2D eigenvalue weighted by molar-refractivity contribution is -0.173. The molecule has 1 heterocycles. The summed E-state index contributed by atoms with van der Waals surface area (Å²) in [7, 11) is 0. The summed E-state index contributed by atoms with van der Waals surface area (Å²) in [5.41, 5.74) is 0. The number of likely N-dealkylation sites (tertiary alicyclic amines) is 1. The highest BCUT2D eigenvalue weighted by atomic mass is 19.4. The van der Waals surface area contributed by atoms with Gasteiger partial charge in [-0.25, -0.2) is 4.79 Å². The Bertz CT molecular complexity index is 975. The van der Waals surface area contributed by atoms with E-state index in [9.17, 15) is 50.3 Å². The molecule has 0 aromatic rings. The van der Waals surface area contributed by atoms with E-state index in [-0.39, 0.29) is 70.7 Å². The van der Waals surface area contributed by atoms with Crippen molar-refractivity contribution >= 4 is 29.6 Å². The fourth-order valence-corrected chi connectivity index (χ4v) is 4.65. The Morgan fingerprint density at radius 3 is 1.67 bits per heavy atom. The molecule has 4 N–H and O–H groups in total. The van der Waals surface area contributed by atoms with Crippen molar-refractivity contribution in [1.82, 2.24) is 26.2 Å². The maximum absolute atomic E-state index is 12.9. The van der Waals surface area contributed by atoms with E-state index in [1.165, 1.54) is 19.8 Å². The van der Waals surface area contributed by atoms with Crippen LogP contribution in [0.4, 0.5) is 26.3 Å². The van der Waals surface area contributed by atoms with Crippen LogP contribution in [0.3, 0.4) is 0 Å². The van der Waals surface area contributed by atoms with Crippen LogP contribution in [0.25, 0.3) is 0 Å². The van der Waals surface area contributed by atoms with Crippen molar-refractivity contribution in [3.8, 4) is 0 Å². The molecule has 1 fully saturated rings. The van der Waals surface area contributed by atoms with E-state index in [2.05, 4.69) is 15.5 Å². The summed E-state index contributed by atoms with van der Waals surface area (Å²) in [5.74, 6) is -6.88. The average molecular weight is 676 g/mol. The number of carbonyl (C=O) groups is 5. The van der Waals surface area contributed by atoms with Gasteiger partial charge >= 0.3 is 30.1 Å². The second-order valence-electron chi connectivity index (χ2n) is 11.5. The van der Waals surface area contributed by atoms with Crippen molar-refractivity contribution in [2.45, 2.75) is 96.5 Å². The maximum Gasteiger partial charge on any atom is 0.471 e. The van der Waals surface area contributed by atoms with Crippen molar-refractivity contribution in [2.24, 2.45) is 11.8 Å². The van der Waals surface area contributed by atoms with Gasteiger partial charge in [-0.15, -0.1) is 0 Å². The molecule has 3 atom stereocenters. The molecule has 3 unspecified atom stereocenters. The molecule has 4 amide bonds. The fourth-order valence-electron chi connectivity index (χ4n) is 4.65. The number of rotatable bonds is 21. The van der Waals surface area contributed by atoms with Crippen molar-refractivity contribution in [1.29, 1.82) is 0 Å². The summed E-state index contributed by atoms with van der Waals surface area (Å²) >= 11 is 0. The number of amides is 4. The number of nitrogens with one attached hydrogen (secondary N) is 4. The lowest BCUT2D eigenvalue weighted by atomic mass is 10.0. The first-order chi connectivity index (χ1) is 21.5. The van der Waals surface area contributed by atoms with E-state index in [1.807, 2.05) is 0 Å². The topological polar surface area (TPSA) is 146 Å². The molecule has 0 aromatic carbocycles. The van der Waals surface area contributed by atoms with Crippen LogP contribution in [-0.4, -0.2) is 98.8 Å². The largest absolute Gasteiger partial charge is 0.471 e. The van der Waals surface area contributed by atoms with Gasteiger partial charge in [0.1, 0.15) is 6.04 Å². The van der Waals surface area contributed by atoms with Crippen LogP contribution in [0.5, 0.6) is 0 Å². The molecule has 0 radical (unpaired) electrons. The molecule has 0 bridgehead atoms. The summed E-state index contributed by atoms with van der Waals surface area (Å²) < 4.78 is 79.1. The van der Waals surface area contributed by atoms with Gasteiger partial charge in [-0.3, -0.25) is 19.2 Å². The van der Waals surface area contributed by atoms with Crippen molar-refractivity contribution < 1.29 is 55.1 Å². The number of hydrogen-bond acceptors (Lipinski definition) is 7. The third-order valence-corrected chi connectivity index (χ3v) is 7.49. The second kappa shape index (κ2) is 20.9. The number of nitrogens with zero attached hydrogens (tertiary/aromatic N) is 1. The van der Waals surface area contributed by atoms with Gasteiger partial charge in [-0.1, -0.05) is 13.8 Å². The first kappa shape index (κ1) is 40.9. The number of unbranched alkanes of at least 4 members (excludes halogenated alkanes) is 1. The molecule has 11 nitrogen and oxygen atoms in total. The van der Waals surface area contributed by atoms with Crippen LogP contribution in [0.2, 0.25) is 0 Å². The number of hydrogen-bond donors (Lipinski definition) is 4. The van der Waals surface area contributed by atoms with Gasteiger partial charge in [0, 0.05) is 31.5 Å². The minimum Gasteiger partial charge on any atom is -0.464 e. The Kier molecular flexibility index (Phi) is 18.6. The Labute approximate surface area is 265 Å². The van der Waals surface area contributed by atoms with E-state index in [0.29, 0.717) is 6.42 Å². The zero-order valence-corrected chi connectivity index (χ0v) is 26.4. The second-order valence-corrected chi connectivity index (χ2v) is 11.5. The van der Waals surface area contributed by atoms with E-state index in [0.717, 1.165) is 26.1 Å². The molecule has 17 heteroatoms. The molecular formula is C29H47F6N5O6. The van der Waals surface area contributed by atoms with Crippen LogP contribution >= 0.6 is 0 Å². The average Bonchev–Trinajstić information content (AvgIpc) is 3.50. The highest BCUT2D eigenvalue weighted by molar-refractivity contribution is 5.85. The van der Waals surface area contributed by atoms with Crippen molar-refractivity contribution in [3.05, 3.63) is 0 Å². The molecular weight excluding hydrogens is 628 g/mol. The highest BCUT2D eigenvalue weighted by Crippen LogP contribution is 2.16. The molecule has 46 heavy (non-hydrogen) atoms. The molecule has 0 saturated carbocycles. The highest BCUT2D eigenvalue weighted by Gasteiger charge is 2.39. The molecule has 0 aliphatic carbocycles. The van der Waals surface area contributed by atoms with Gasteiger partial charge in [0.2, 0.25) is 11.8 Å². The quantitative estimate of drug-likeness (QED) is 0.0832. The first-order valence-electron chi connectivity index (χ1n) is 15.7. The van der Waals surface area contributed by atoms with Crippen LogP contribution in [0.15, 0.2) is 0 Å². The Balaban J connectivity index is 2.52. The number of carbonyl (C=O) groups excluding carboxylic acids is 5. The number of halogens is 6. The predicted octanol–water partition coefficient (Wildman–Crippen LogP) is 2.98. The molecule has 1 saturated heterocycles. The van der Waals surface area contributed by atoms with Gasteiger partial charge in [-0.05, 0) is 83.8 Å². The third kappa shape index (κ3) is 17.5.